The minimum absolute atomic E-state index is 0.218. The summed E-state index contributed by atoms with van der Waals surface area (Å²) < 4.78 is 2.23. The number of thioether (sulfide) groups is 1. The van der Waals surface area contributed by atoms with E-state index < -0.39 is 0 Å². The number of nitrogens with two attached hydrogens (primary N) is 1. The molecule has 1 aliphatic heterocycles. The highest BCUT2D eigenvalue weighted by molar-refractivity contribution is 7.99. The van der Waals surface area contributed by atoms with Crippen LogP contribution in [0, 0.1) is 0 Å². The monoisotopic (exact) mass is 310 g/mol. The number of imidazole rings is 1. The van der Waals surface area contributed by atoms with E-state index in [0.717, 1.165) is 30.9 Å². The summed E-state index contributed by atoms with van der Waals surface area (Å²) >= 11 is 3.75. The van der Waals surface area contributed by atoms with Gasteiger partial charge >= 0.3 is 0 Å². The van der Waals surface area contributed by atoms with Gasteiger partial charge in [-0.05, 0) is 18.6 Å². The van der Waals surface area contributed by atoms with Crippen LogP contribution in [0.3, 0.4) is 0 Å². The van der Waals surface area contributed by atoms with Crippen LogP contribution in [-0.2, 0) is 6.42 Å². The van der Waals surface area contributed by atoms with Crippen molar-refractivity contribution in [3.8, 4) is 0 Å². The number of hydrogen-bond donors (Lipinski definition) is 1. The first kappa shape index (κ1) is 14.2. The van der Waals surface area contributed by atoms with Crippen molar-refractivity contribution < 1.29 is 0 Å². The fourth-order valence-electron chi connectivity index (χ4n) is 2.61. The third-order valence-electron chi connectivity index (χ3n) is 3.84. The molecule has 1 fully saturated rings. The molecule has 2 aromatic heterocycles. The highest BCUT2D eigenvalue weighted by Crippen LogP contribution is 2.27. The average Bonchev–Trinajstić information content (AvgIpc) is 2.92. The van der Waals surface area contributed by atoms with Crippen molar-refractivity contribution >= 4 is 33.9 Å². The van der Waals surface area contributed by atoms with E-state index in [4.69, 9.17) is 10.7 Å². The first-order valence-electron chi connectivity index (χ1n) is 7.32. The van der Waals surface area contributed by atoms with Gasteiger partial charge in [-0.15, -0.1) is 11.3 Å². The van der Waals surface area contributed by atoms with Gasteiger partial charge in [-0.2, -0.15) is 11.8 Å². The van der Waals surface area contributed by atoms with Gasteiger partial charge in [0.1, 0.15) is 0 Å². The Hall–Kier alpha value is -0.720. The average molecular weight is 310 g/mol. The van der Waals surface area contributed by atoms with Gasteiger partial charge in [-0.3, -0.25) is 4.40 Å². The predicted octanol–water partition coefficient (Wildman–Crippen LogP) is 2.62. The number of nitrogens with zero attached hydrogens (tertiary/aromatic N) is 3. The SMILES string of the molecule is CCC(N)Cc1c(N2CCCSCC2)nc2sccn12. The normalized spacial score (nSPS) is 18.4. The number of thiazole rings is 1. The maximum atomic E-state index is 6.19. The lowest BCUT2D eigenvalue weighted by Crippen LogP contribution is -2.29. The van der Waals surface area contributed by atoms with Crippen LogP contribution in [0.1, 0.15) is 25.5 Å². The molecule has 0 aromatic carbocycles. The van der Waals surface area contributed by atoms with E-state index in [9.17, 15) is 0 Å². The second-order valence-corrected chi connectivity index (χ2v) is 7.36. The lowest BCUT2D eigenvalue weighted by Gasteiger charge is -2.22. The molecule has 0 aliphatic carbocycles. The van der Waals surface area contributed by atoms with Crippen LogP contribution in [0.25, 0.3) is 4.96 Å². The molecular weight excluding hydrogens is 288 g/mol. The van der Waals surface area contributed by atoms with E-state index in [0.29, 0.717) is 0 Å². The van der Waals surface area contributed by atoms with Crippen molar-refractivity contribution in [2.45, 2.75) is 32.2 Å². The number of anilines is 1. The topological polar surface area (TPSA) is 46.6 Å². The summed E-state index contributed by atoms with van der Waals surface area (Å²) in [6.07, 6.45) is 5.29. The molecule has 3 rings (SSSR count). The Labute approximate surface area is 128 Å². The molecule has 20 heavy (non-hydrogen) atoms. The lowest BCUT2D eigenvalue weighted by molar-refractivity contribution is 0.631. The zero-order chi connectivity index (χ0) is 13.9. The van der Waals surface area contributed by atoms with Crippen molar-refractivity contribution in [2.75, 3.05) is 29.5 Å². The quantitative estimate of drug-likeness (QED) is 0.943. The maximum absolute atomic E-state index is 6.19. The zero-order valence-electron chi connectivity index (χ0n) is 11.9. The Balaban J connectivity index is 1.95. The van der Waals surface area contributed by atoms with E-state index in [-0.39, 0.29) is 6.04 Å². The van der Waals surface area contributed by atoms with Crippen molar-refractivity contribution in [3.63, 3.8) is 0 Å². The molecule has 0 radical (unpaired) electrons. The second kappa shape index (κ2) is 6.37. The van der Waals surface area contributed by atoms with Crippen LogP contribution in [0.15, 0.2) is 11.6 Å². The van der Waals surface area contributed by atoms with Crippen molar-refractivity contribution in [1.29, 1.82) is 0 Å². The van der Waals surface area contributed by atoms with Gasteiger partial charge in [0, 0.05) is 42.9 Å². The largest absolute Gasteiger partial charge is 0.354 e. The third kappa shape index (κ3) is 2.82. The highest BCUT2D eigenvalue weighted by Gasteiger charge is 2.21. The zero-order valence-corrected chi connectivity index (χ0v) is 13.6. The lowest BCUT2D eigenvalue weighted by atomic mass is 10.1. The number of fused-ring (bicyclic) bond motifs is 1. The van der Waals surface area contributed by atoms with Crippen LogP contribution in [0.5, 0.6) is 0 Å². The van der Waals surface area contributed by atoms with Crippen LogP contribution in [0.2, 0.25) is 0 Å². The summed E-state index contributed by atoms with van der Waals surface area (Å²) in [7, 11) is 0. The Bertz CT molecular complexity index is 555. The molecule has 0 spiro atoms. The van der Waals surface area contributed by atoms with Gasteiger partial charge in [0.15, 0.2) is 10.8 Å². The molecule has 1 unspecified atom stereocenters. The number of aromatic nitrogens is 2. The second-order valence-electron chi connectivity index (χ2n) is 5.26. The summed E-state index contributed by atoms with van der Waals surface area (Å²) in [5.41, 5.74) is 7.49. The Morgan fingerprint density at radius 3 is 3.15 bits per heavy atom. The summed E-state index contributed by atoms with van der Waals surface area (Å²) in [5.74, 6) is 3.63. The standard InChI is InChI=1S/C14H22N4S2/c1-2-11(15)10-12-13(16-14-18(12)6-9-20-14)17-4-3-7-19-8-5-17/h6,9,11H,2-5,7-8,10,15H2,1H3. The molecule has 1 atom stereocenters. The molecule has 0 bridgehead atoms. The molecule has 2 N–H and O–H groups in total. The fourth-order valence-corrected chi connectivity index (χ4v) is 4.23. The summed E-state index contributed by atoms with van der Waals surface area (Å²) in [4.78, 5) is 8.42. The summed E-state index contributed by atoms with van der Waals surface area (Å²) in [6.45, 7) is 4.37. The van der Waals surface area contributed by atoms with E-state index in [1.165, 1.54) is 29.4 Å². The predicted molar refractivity (Wildman–Crippen MR) is 89.2 cm³/mol. The van der Waals surface area contributed by atoms with Gasteiger partial charge in [-0.25, -0.2) is 4.98 Å². The van der Waals surface area contributed by atoms with Crippen molar-refractivity contribution in [3.05, 3.63) is 17.3 Å². The summed E-state index contributed by atoms with van der Waals surface area (Å²) in [5, 5.41) is 2.10. The molecule has 6 heteroatoms. The van der Waals surface area contributed by atoms with Gasteiger partial charge < -0.3 is 10.6 Å². The molecular formula is C14H22N4S2. The van der Waals surface area contributed by atoms with E-state index in [1.54, 1.807) is 11.3 Å². The van der Waals surface area contributed by atoms with Crippen LogP contribution < -0.4 is 10.6 Å². The van der Waals surface area contributed by atoms with Crippen molar-refractivity contribution in [2.24, 2.45) is 5.73 Å². The molecule has 4 nitrogen and oxygen atoms in total. The minimum atomic E-state index is 0.218. The molecule has 0 saturated carbocycles. The van der Waals surface area contributed by atoms with Crippen LogP contribution >= 0.6 is 23.1 Å². The molecule has 1 saturated heterocycles. The summed E-state index contributed by atoms with van der Waals surface area (Å²) in [6, 6.07) is 0.218. The van der Waals surface area contributed by atoms with E-state index >= 15 is 0 Å². The number of hydrogen-bond acceptors (Lipinski definition) is 5. The highest BCUT2D eigenvalue weighted by atomic mass is 32.2. The van der Waals surface area contributed by atoms with Crippen molar-refractivity contribution in [1.82, 2.24) is 9.38 Å². The van der Waals surface area contributed by atoms with Gasteiger partial charge in [0.05, 0.1) is 5.69 Å². The minimum Gasteiger partial charge on any atom is -0.354 e. The smallest absolute Gasteiger partial charge is 0.195 e. The Morgan fingerprint density at radius 2 is 2.30 bits per heavy atom. The molecule has 1 aliphatic rings. The van der Waals surface area contributed by atoms with E-state index in [2.05, 4.69) is 27.8 Å². The molecule has 110 valence electrons. The molecule has 3 heterocycles. The maximum Gasteiger partial charge on any atom is 0.195 e. The molecule has 0 amide bonds. The van der Waals surface area contributed by atoms with Gasteiger partial charge in [0.2, 0.25) is 0 Å². The van der Waals surface area contributed by atoms with Gasteiger partial charge in [-0.1, -0.05) is 6.92 Å². The van der Waals surface area contributed by atoms with Crippen LogP contribution in [0.4, 0.5) is 5.82 Å². The Kier molecular flexibility index (Phi) is 4.53. The number of rotatable bonds is 4. The van der Waals surface area contributed by atoms with E-state index in [1.807, 2.05) is 11.8 Å². The third-order valence-corrected chi connectivity index (χ3v) is 5.65. The van der Waals surface area contributed by atoms with Crippen LogP contribution in [-0.4, -0.2) is 40.0 Å². The Morgan fingerprint density at radius 1 is 1.40 bits per heavy atom. The van der Waals surface area contributed by atoms with Gasteiger partial charge in [0.25, 0.3) is 0 Å². The first-order valence-corrected chi connectivity index (χ1v) is 9.35. The first-order chi connectivity index (χ1) is 9.79. The fraction of sp³-hybridized carbons (Fsp3) is 0.643. The molecule has 2 aromatic rings.